The van der Waals surface area contributed by atoms with E-state index in [-0.39, 0.29) is 31.1 Å². The van der Waals surface area contributed by atoms with E-state index in [0.717, 1.165) is 25.7 Å². The van der Waals surface area contributed by atoms with Gasteiger partial charge in [0.1, 0.15) is 0 Å². The lowest BCUT2D eigenvalue weighted by Crippen LogP contribution is -2.48. The van der Waals surface area contributed by atoms with E-state index in [1.807, 2.05) is 0 Å². The van der Waals surface area contributed by atoms with Gasteiger partial charge < -0.3 is 14.7 Å². The molecule has 2 aliphatic rings. The highest BCUT2D eigenvalue weighted by Crippen LogP contribution is 2.27. The van der Waals surface area contributed by atoms with Gasteiger partial charge in [-0.05, 0) is 12.8 Å². The van der Waals surface area contributed by atoms with Gasteiger partial charge in [0.05, 0.1) is 13.0 Å². The standard InChI is InChI=1S/C11H17NO4/c13-10(14)5-8-6-12(11(15)16-7-8)9-3-1-2-4-9/h8-9H,1-7H2,(H,13,14). The van der Waals surface area contributed by atoms with E-state index in [9.17, 15) is 9.59 Å². The first-order chi connectivity index (χ1) is 7.66. The Labute approximate surface area is 94.4 Å². The fraction of sp³-hybridized carbons (Fsp3) is 0.818. The number of carboxylic acids is 1. The number of aliphatic carboxylic acids is 1. The van der Waals surface area contributed by atoms with Crippen LogP contribution in [0.1, 0.15) is 32.1 Å². The molecule has 2 fully saturated rings. The van der Waals surface area contributed by atoms with E-state index in [0.29, 0.717) is 6.54 Å². The van der Waals surface area contributed by atoms with Crippen LogP contribution < -0.4 is 0 Å². The Balaban J connectivity index is 1.94. The first-order valence-electron chi connectivity index (χ1n) is 5.82. The smallest absolute Gasteiger partial charge is 0.410 e. The number of nitrogens with zero attached hydrogens (tertiary/aromatic N) is 1. The third-order valence-electron chi connectivity index (χ3n) is 3.36. The SMILES string of the molecule is O=C(O)CC1COC(=O)N(C2CCCC2)C1. The van der Waals surface area contributed by atoms with E-state index in [1.54, 1.807) is 4.90 Å². The monoisotopic (exact) mass is 227 g/mol. The van der Waals surface area contributed by atoms with Crippen molar-refractivity contribution in [2.45, 2.75) is 38.1 Å². The summed E-state index contributed by atoms with van der Waals surface area (Å²) in [4.78, 5) is 23.9. The summed E-state index contributed by atoms with van der Waals surface area (Å²) < 4.78 is 5.04. The fourth-order valence-corrected chi connectivity index (χ4v) is 2.56. The Kier molecular flexibility index (Phi) is 3.31. The Hall–Kier alpha value is -1.26. The van der Waals surface area contributed by atoms with E-state index < -0.39 is 5.97 Å². The van der Waals surface area contributed by atoms with E-state index in [2.05, 4.69) is 0 Å². The van der Waals surface area contributed by atoms with Gasteiger partial charge in [-0.1, -0.05) is 12.8 Å². The molecule has 0 aromatic carbocycles. The average Bonchev–Trinajstić information content (AvgIpc) is 2.73. The largest absolute Gasteiger partial charge is 0.481 e. The van der Waals surface area contributed by atoms with Crippen molar-refractivity contribution in [3.05, 3.63) is 0 Å². The van der Waals surface area contributed by atoms with Crippen LogP contribution in [-0.4, -0.2) is 41.3 Å². The van der Waals surface area contributed by atoms with Gasteiger partial charge >= 0.3 is 12.1 Å². The van der Waals surface area contributed by atoms with Gasteiger partial charge in [-0.2, -0.15) is 0 Å². The van der Waals surface area contributed by atoms with Crippen LogP contribution in [0.2, 0.25) is 0 Å². The molecule has 1 aliphatic heterocycles. The van der Waals surface area contributed by atoms with Gasteiger partial charge in [-0.25, -0.2) is 4.79 Å². The van der Waals surface area contributed by atoms with Gasteiger partial charge in [0.25, 0.3) is 0 Å². The average molecular weight is 227 g/mol. The highest BCUT2D eigenvalue weighted by molar-refractivity contribution is 5.70. The molecule has 1 N–H and O–H groups in total. The van der Waals surface area contributed by atoms with Crippen LogP contribution in [0.3, 0.4) is 0 Å². The van der Waals surface area contributed by atoms with Crippen molar-refractivity contribution < 1.29 is 19.4 Å². The first kappa shape index (κ1) is 11.2. The van der Waals surface area contributed by atoms with Crippen molar-refractivity contribution in [3.8, 4) is 0 Å². The van der Waals surface area contributed by atoms with Crippen LogP contribution in [0.15, 0.2) is 0 Å². The van der Waals surface area contributed by atoms with Gasteiger partial charge in [0, 0.05) is 18.5 Å². The Morgan fingerprint density at radius 3 is 2.75 bits per heavy atom. The molecule has 1 heterocycles. The molecule has 1 saturated carbocycles. The quantitative estimate of drug-likeness (QED) is 0.792. The van der Waals surface area contributed by atoms with E-state index in [4.69, 9.17) is 9.84 Å². The molecule has 1 unspecified atom stereocenters. The molecule has 1 aliphatic carbocycles. The van der Waals surface area contributed by atoms with Gasteiger partial charge in [0.2, 0.25) is 0 Å². The summed E-state index contributed by atoms with van der Waals surface area (Å²) in [5.41, 5.74) is 0. The second-order valence-corrected chi connectivity index (χ2v) is 4.63. The normalized spacial score (nSPS) is 26.9. The second-order valence-electron chi connectivity index (χ2n) is 4.63. The fourth-order valence-electron chi connectivity index (χ4n) is 2.56. The molecule has 1 amide bonds. The highest BCUT2D eigenvalue weighted by atomic mass is 16.6. The molecule has 5 nitrogen and oxygen atoms in total. The maximum atomic E-state index is 11.6. The molecule has 0 radical (unpaired) electrons. The van der Waals surface area contributed by atoms with Crippen molar-refractivity contribution in [2.24, 2.45) is 5.92 Å². The molecular formula is C11H17NO4. The number of carbonyl (C=O) groups excluding carboxylic acids is 1. The van der Waals surface area contributed by atoms with Crippen molar-refractivity contribution in [3.63, 3.8) is 0 Å². The van der Waals surface area contributed by atoms with Gasteiger partial charge in [0.15, 0.2) is 0 Å². The number of amides is 1. The Morgan fingerprint density at radius 2 is 2.12 bits per heavy atom. The maximum Gasteiger partial charge on any atom is 0.410 e. The molecule has 5 heteroatoms. The summed E-state index contributed by atoms with van der Waals surface area (Å²) in [6.45, 7) is 0.782. The summed E-state index contributed by atoms with van der Waals surface area (Å²) in [5.74, 6) is -0.884. The number of carbonyl (C=O) groups is 2. The Morgan fingerprint density at radius 1 is 1.44 bits per heavy atom. The minimum absolute atomic E-state index is 0.0594. The Bertz CT molecular complexity index is 286. The molecular weight excluding hydrogens is 210 g/mol. The number of rotatable bonds is 3. The first-order valence-corrected chi connectivity index (χ1v) is 5.82. The summed E-state index contributed by atoms with van der Waals surface area (Å²) in [5, 5.41) is 8.72. The zero-order valence-corrected chi connectivity index (χ0v) is 9.22. The molecule has 1 saturated heterocycles. The van der Waals surface area contributed by atoms with Crippen molar-refractivity contribution in [1.29, 1.82) is 0 Å². The van der Waals surface area contributed by atoms with Gasteiger partial charge in [-0.15, -0.1) is 0 Å². The predicted molar refractivity (Wildman–Crippen MR) is 56.1 cm³/mol. The minimum Gasteiger partial charge on any atom is -0.481 e. The summed E-state index contributed by atoms with van der Waals surface area (Å²) in [6.07, 6.45) is 4.16. The number of carboxylic acid groups (broad SMARTS) is 1. The van der Waals surface area contributed by atoms with Crippen molar-refractivity contribution >= 4 is 12.1 Å². The second kappa shape index (κ2) is 4.72. The number of hydrogen-bond donors (Lipinski definition) is 1. The van der Waals surface area contributed by atoms with Crippen molar-refractivity contribution in [2.75, 3.05) is 13.2 Å². The van der Waals surface area contributed by atoms with E-state index in [1.165, 1.54) is 0 Å². The van der Waals surface area contributed by atoms with Crippen LogP contribution in [0.25, 0.3) is 0 Å². The van der Waals surface area contributed by atoms with Crippen LogP contribution in [0.5, 0.6) is 0 Å². The topological polar surface area (TPSA) is 66.8 Å². The molecule has 16 heavy (non-hydrogen) atoms. The summed E-state index contributed by atoms with van der Waals surface area (Å²) in [7, 11) is 0. The molecule has 0 aromatic rings. The zero-order chi connectivity index (χ0) is 11.5. The molecule has 2 rings (SSSR count). The van der Waals surface area contributed by atoms with E-state index >= 15 is 0 Å². The third-order valence-corrected chi connectivity index (χ3v) is 3.36. The van der Waals surface area contributed by atoms with Crippen LogP contribution in [-0.2, 0) is 9.53 Å². The maximum absolute atomic E-state index is 11.6. The highest BCUT2D eigenvalue weighted by Gasteiger charge is 2.34. The number of cyclic esters (lactones) is 1. The van der Waals surface area contributed by atoms with Crippen LogP contribution in [0.4, 0.5) is 4.79 Å². The van der Waals surface area contributed by atoms with Crippen LogP contribution in [0, 0.1) is 5.92 Å². The molecule has 90 valence electrons. The lowest BCUT2D eigenvalue weighted by molar-refractivity contribution is -0.139. The number of hydrogen-bond acceptors (Lipinski definition) is 3. The zero-order valence-electron chi connectivity index (χ0n) is 9.22. The van der Waals surface area contributed by atoms with Gasteiger partial charge in [-0.3, -0.25) is 4.79 Å². The minimum atomic E-state index is -0.825. The lowest BCUT2D eigenvalue weighted by Gasteiger charge is -2.35. The molecule has 0 bridgehead atoms. The molecule has 0 aromatic heterocycles. The number of ether oxygens (including phenoxy) is 1. The van der Waals surface area contributed by atoms with Crippen LogP contribution >= 0.6 is 0 Å². The predicted octanol–water partition coefficient (Wildman–Crippen LogP) is 1.47. The summed E-state index contributed by atoms with van der Waals surface area (Å²) in [6, 6.07) is 0.268. The lowest BCUT2D eigenvalue weighted by atomic mass is 10.0. The third kappa shape index (κ3) is 2.46. The molecule has 1 atom stereocenters. The molecule has 0 spiro atoms. The van der Waals surface area contributed by atoms with Crippen molar-refractivity contribution in [1.82, 2.24) is 4.90 Å². The summed E-state index contributed by atoms with van der Waals surface area (Å²) >= 11 is 0.